The van der Waals surface area contributed by atoms with Crippen LogP contribution in [0.4, 0.5) is 0 Å². The van der Waals surface area contributed by atoms with E-state index in [1.807, 2.05) is 6.92 Å². The van der Waals surface area contributed by atoms with Crippen molar-refractivity contribution in [3.63, 3.8) is 0 Å². The molecule has 0 saturated carbocycles. The van der Waals surface area contributed by atoms with E-state index in [-0.39, 0.29) is 16.5 Å². The number of halogens is 1. The van der Waals surface area contributed by atoms with Crippen LogP contribution < -0.4 is 10.3 Å². The number of H-pyrrole nitrogens is 1. The molecule has 0 bridgehead atoms. The lowest BCUT2D eigenvalue weighted by Crippen LogP contribution is -2.28. The maximum atomic E-state index is 12.3. The molecule has 112 valence electrons. The van der Waals surface area contributed by atoms with E-state index in [1.54, 1.807) is 24.3 Å². The van der Waals surface area contributed by atoms with Crippen molar-refractivity contribution in [3.8, 4) is 0 Å². The quantitative estimate of drug-likeness (QED) is 0.885. The summed E-state index contributed by atoms with van der Waals surface area (Å²) in [6, 6.07) is 9.09. The second kappa shape index (κ2) is 6.43. The highest BCUT2D eigenvalue weighted by Gasteiger charge is 2.20. The van der Waals surface area contributed by atoms with Crippen LogP contribution in [0.1, 0.15) is 24.9 Å². The van der Waals surface area contributed by atoms with Gasteiger partial charge in [0, 0.05) is 23.3 Å². The van der Waals surface area contributed by atoms with Crippen molar-refractivity contribution < 1.29 is 8.42 Å². The second-order valence-electron chi connectivity index (χ2n) is 4.52. The molecule has 1 heterocycles. The third kappa shape index (κ3) is 3.93. The van der Waals surface area contributed by atoms with Crippen LogP contribution >= 0.6 is 11.6 Å². The average molecular weight is 327 g/mol. The molecule has 0 aliphatic heterocycles. The minimum Gasteiger partial charge on any atom is -0.328 e. The van der Waals surface area contributed by atoms with Gasteiger partial charge in [0.1, 0.15) is 0 Å². The van der Waals surface area contributed by atoms with Crippen molar-refractivity contribution in [2.45, 2.75) is 24.3 Å². The van der Waals surface area contributed by atoms with E-state index in [2.05, 4.69) is 9.71 Å². The Morgan fingerprint density at radius 3 is 2.38 bits per heavy atom. The van der Waals surface area contributed by atoms with E-state index in [9.17, 15) is 13.2 Å². The van der Waals surface area contributed by atoms with Crippen molar-refractivity contribution in [2.75, 3.05) is 0 Å². The highest BCUT2D eigenvalue weighted by Crippen LogP contribution is 2.21. The van der Waals surface area contributed by atoms with Crippen LogP contribution in [0, 0.1) is 0 Å². The number of pyridine rings is 1. The molecule has 7 heteroatoms. The number of aromatic amines is 1. The van der Waals surface area contributed by atoms with Crippen LogP contribution in [0.5, 0.6) is 0 Å². The summed E-state index contributed by atoms with van der Waals surface area (Å²) in [5.74, 6) is 0. The molecule has 0 radical (unpaired) electrons. The first-order valence-corrected chi connectivity index (χ1v) is 8.25. The summed E-state index contributed by atoms with van der Waals surface area (Å²) in [5, 5.41) is 0.595. The summed E-state index contributed by atoms with van der Waals surface area (Å²) in [7, 11) is -3.70. The highest BCUT2D eigenvalue weighted by atomic mass is 35.5. The summed E-state index contributed by atoms with van der Waals surface area (Å²) in [6.07, 6.45) is 1.77. The van der Waals surface area contributed by atoms with E-state index in [4.69, 9.17) is 11.6 Å². The van der Waals surface area contributed by atoms with Gasteiger partial charge in [-0.05, 0) is 30.2 Å². The molecule has 1 aromatic heterocycles. The number of nitrogens with one attached hydrogen (secondary N) is 2. The fourth-order valence-electron chi connectivity index (χ4n) is 1.90. The van der Waals surface area contributed by atoms with Crippen LogP contribution in [-0.4, -0.2) is 13.4 Å². The molecule has 2 N–H and O–H groups in total. The highest BCUT2D eigenvalue weighted by molar-refractivity contribution is 7.89. The lowest BCUT2D eigenvalue weighted by atomic mass is 10.1. The van der Waals surface area contributed by atoms with E-state index >= 15 is 0 Å². The van der Waals surface area contributed by atoms with Crippen molar-refractivity contribution in [1.29, 1.82) is 0 Å². The molecule has 2 rings (SSSR count). The Balaban J connectivity index is 2.26. The average Bonchev–Trinajstić information content (AvgIpc) is 2.46. The topological polar surface area (TPSA) is 79.0 Å². The van der Waals surface area contributed by atoms with E-state index in [0.29, 0.717) is 11.4 Å². The normalized spacial score (nSPS) is 13.0. The van der Waals surface area contributed by atoms with Gasteiger partial charge in [0.15, 0.2) is 0 Å². The molecular formula is C14H15ClN2O3S. The van der Waals surface area contributed by atoms with E-state index in [0.717, 1.165) is 5.56 Å². The standard InChI is InChI=1S/C14H15ClN2O3S/c1-2-13(10-3-5-11(15)6-4-10)17-21(19,20)12-7-8-14(18)16-9-12/h3-9,13,17H,2H2,1H3,(H,16,18). The fourth-order valence-corrected chi connectivity index (χ4v) is 3.30. The number of hydrogen-bond acceptors (Lipinski definition) is 3. The molecule has 0 aliphatic carbocycles. The van der Waals surface area contributed by atoms with Gasteiger partial charge in [0.25, 0.3) is 0 Å². The van der Waals surface area contributed by atoms with Gasteiger partial charge in [-0.3, -0.25) is 4.79 Å². The maximum Gasteiger partial charge on any atom is 0.247 e. The van der Waals surface area contributed by atoms with E-state index in [1.165, 1.54) is 18.3 Å². The first-order valence-electron chi connectivity index (χ1n) is 6.39. The third-order valence-electron chi connectivity index (χ3n) is 3.04. The van der Waals surface area contributed by atoms with Crippen LogP contribution in [0.3, 0.4) is 0 Å². The molecule has 0 saturated heterocycles. The molecule has 5 nitrogen and oxygen atoms in total. The summed E-state index contributed by atoms with van der Waals surface area (Å²) in [6.45, 7) is 1.88. The first-order chi connectivity index (χ1) is 9.92. The first kappa shape index (κ1) is 15.8. The predicted octanol–water partition coefficient (Wildman–Crippen LogP) is 2.46. The Morgan fingerprint density at radius 1 is 1.19 bits per heavy atom. The van der Waals surface area contributed by atoms with Gasteiger partial charge < -0.3 is 4.98 Å². The number of hydrogen-bond donors (Lipinski definition) is 2. The van der Waals surface area contributed by atoms with E-state index < -0.39 is 10.0 Å². The zero-order valence-electron chi connectivity index (χ0n) is 11.3. The Morgan fingerprint density at radius 2 is 1.86 bits per heavy atom. The van der Waals surface area contributed by atoms with Crippen LogP contribution in [0.25, 0.3) is 0 Å². The molecule has 0 spiro atoms. The molecule has 1 aromatic carbocycles. The van der Waals surface area contributed by atoms with Crippen LogP contribution in [0.15, 0.2) is 52.3 Å². The van der Waals surface area contributed by atoms with Crippen molar-refractivity contribution in [2.24, 2.45) is 0 Å². The Kier molecular flexibility index (Phi) is 4.82. The minimum atomic E-state index is -3.70. The largest absolute Gasteiger partial charge is 0.328 e. The van der Waals surface area contributed by atoms with Crippen LogP contribution in [0.2, 0.25) is 5.02 Å². The summed E-state index contributed by atoms with van der Waals surface area (Å²) in [5.41, 5.74) is 0.480. The molecule has 0 aliphatic rings. The Bertz CT molecular complexity index is 749. The summed E-state index contributed by atoms with van der Waals surface area (Å²) in [4.78, 5) is 13.4. The van der Waals surface area contributed by atoms with Crippen molar-refractivity contribution in [3.05, 3.63) is 63.5 Å². The second-order valence-corrected chi connectivity index (χ2v) is 6.67. The molecule has 1 atom stereocenters. The Hall–Kier alpha value is -1.63. The smallest absolute Gasteiger partial charge is 0.247 e. The number of rotatable bonds is 5. The van der Waals surface area contributed by atoms with Gasteiger partial charge in [0.05, 0.1) is 4.90 Å². The van der Waals surface area contributed by atoms with Gasteiger partial charge >= 0.3 is 0 Å². The number of aromatic nitrogens is 1. The molecule has 0 fully saturated rings. The molecular weight excluding hydrogens is 312 g/mol. The molecule has 1 unspecified atom stereocenters. The summed E-state index contributed by atoms with van der Waals surface area (Å²) >= 11 is 5.83. The SMILES string of the molecule is CCC(NS(=O)(=O)c1ccc(=O)[nH]c1)c1ccc(Cl)cc1. The Labute approximate surface area is 128 Å². The predicted molar refractivity (Wildman–Crippen MR) is 81.9 cm³/mol. The number of sulfonamides is 1. The van der Waals surface area contributed by atoms with Crippen molar-refractivity contribution >= 4 is 21.6 Å². The van der Waals surface area contributed by atoms with Gasteiger partial charge in [-0.2, -0.15) is 0 Å². The zero-order valence-corrected chi connectivity index (χ0v) is 12.9. The van der Waals surface area contributed by atoms with Crippen molar-refractivity contribution in [1.82, 2.24) is 9.71 Å². The summed E-state index contributed by atoms with van der Waals surface area (Å²) < 4.78 is 27.2. The number of benzene rings is 1. The van der Waals surface area contributed by atoms with Crippen LogP contribution in [-0.2, 0) is 10.0 Å². The maximum absolute atomic E-state index is 12.3. The van der Waals surface area contributed by atoms with Gasteiger partial charge in [0.2, 0.25) is 15.6 Å². The molecule has 2 aromatic rings. The monoisotopic (exact) mass is 326 g/mol. The van der Waals surface area contributed by atoms with Gasteiger partial charge in [-0.15, -0.1) is 0 Å². The van der Waals surface area contributed by atoms with Gasteiger partial charge in [-0.1, -0.05) is 30.7 Å². The van der Waals surface area contributed by atoms with Gasteiger partial charge in [-0.25, -0.2) is 13.1 Å². The lowest BCUT2D eigenvalue weighted by Gasteiger charge is -2.17. The lowest BCUT2D eigenvalue weighted by molar-refractivity contribution is 0.549. The zero-order chi connectivity index (χ0) is 15.5. The molecule has 21 heavy (non-hydrogen) atoms. The third-order valence-corrected chi connectivity index (χ3v) is 4.77. The molecule has 0 amide bonds. The minimum absolute atomic E-state index is 0.0227. The fraction of sp³-hybridized carbons (Fsp3) is 0.214.